The molecule has 9 nitrogen and oxygen atoms in total. The predicted octanol–water partition coefficient (Wildman–Crippen LogP) is 1.51. The van der Waals surface area contributed by atoms with Crippen LogP contribution in [0.25, 0.3) is 11.2 Å². The molecule has 1 aliphatic rings. The Morgan fingerprint density at radius 1 is 1.29 bits per heavy atom. The van der Waals surface area contributed by atoms with Gasteiger partial charge in [-0.2, -0.15) is 0 Å². The summed E-state index contributed by atoms with van der Waals surface area (Å²) in [7, 11) is -3.38. The average molecular weight is 402 g/mol. The van der Waals surface area contributed by atoms with Crippen molar-refractivity contribution in [2.45, 2.75) is 24.3 Å². The number of likely N-dealkylation sites (tertiary alicyclic amines) is 1. The number of rotatable bonds is 6. The molecule has 4 rings (SSSR count). The van der Waals surface area contributed by atoms with Gasteiger partial charge in [0, 0.05) is 31.7 Å². The number of fused-ring (bicyclic) bond motifs is 1. The molecule has 0 aliphatic carbocycles. The maximum atomic E-state index is 12.6. The van der Waals surface area contributed by atoms with Crippen molar-refractivity contribution in [1.82, 2.24) is 24.4 Å². The van der Waals surface area contributed by atoms with Gasteiger partial charge in [-0.05, 0) is 44.1 Å². The molecule has 0 unspecified atom stereocenters. The molecule has 2 N–H and O–H groups in total. The van der Waals surface area contributed by atoms with Gasteiger partial charge in [0.1, 0.15) is 11.2 Å². The third-order valence-electron chi connectivity index (χ3n) is 4.90. The van der Waals surface area contributed by atoms with Crippen LogP contribution in [-0.2, 0) is 16.4 Å². The van der Waals surface area contributed by atoms with E-state index in [-0.39, 0.29) is 10.6 Å². The second-order valence-corrected chi connectivity index (χ2v) is 8.97. The Hall–Kier alpha value is -2.72. The fourth-order valence-electron chi connectivity index (χ4n) is 3.40. The van der Waals surface area contributed by atoms with Crippen molar-refractivity contribution in [2.24, 2.45) is 0 Å². The Bertz CT molecular complexity index is 1110. The van der Waals surface area contributed by atoms with Gasteiger partial charge in [0.25, 0.3) is 5.91 Å². The SMILES string of the molecule is CS(=O)(=O)c1c[nH]c(C(=O)Nc2nc3cccnc3n2CCN2CCCC2)c1. The average Bonchev–Trinajstić information content (AvgIpc) is 3.39. The minimum atomic E-state index is -3.38. The highest BCUT2D eigenvalue weighted by Gasteiger charge is 2.19. The molecular formula is C18H22N6O3S. The molecule has 3 aromatic rings. The number of sulfone groups is 1. The molecule has 0 radical (unpaired) electrons. The van der Waals surface area contributed by atoms with E-state index in [2.05, 4.69) is 25.2 Å². The van der Waals surface area contributed by atoms with Crippen LogP contribution in [0.3, 0.4) is 0 Å². The molecule has 0 atom stereocenters. The number of imidazole rings is 1. The van der Waals surface area contributed by atoms with Crippen LogP contribution < -0.4 is 5.32 Å². The number of carbonyl (C=O) groups is 1. The van der Waals surface area contributed by atoms with Gasteiger partial charge in [0.2, 0.25) is 5.95 Å². The fraction of sp³-hybridized carbons (Fsp3) is 0.389. The molecule has 1 amide bonds. The van der Waals surface area contributed by atoms with Crippen LogP contribution in [-0.4, -0.2) is 64.6 Å². The zero-order chi connectivity index (χ0) is 19.7. The topological polar surface area (TPSA) is 113 Å². The molecule has 1 saturated heterocycles. The van der Waals surface area contributed by atoms with Crippen LogP contribution in [0.15, 0.2) is 35.5 Å². The quantitative estimate of drug-likeness (QED) is 0.646. The van der Waals surface area contributed by atoms with E-state index in [1.54, 1.807) is 12.3 Å². The first-order valence-electron chi connectivity index (χ1n) is 9.15. The highest BCUT2D eigenvalue weighted by molar-refractivity contribution is 7.90. The lowest BCUT2D eigenvalue weighted by Crippen LogP contribution is -2.25. The molecule has 28 heavy (non-hydrogen) atoms. The van der Waals surface area contributed by atoms with E-state index in [0.717, 1.165) is 25.9 Å². The molecule has 148 valence electrons. The summed E-state index contributed by atoms with van der Waals surface area (Å²) in [6.07, 6.45) is 6.53. The highest BCUT2D eigenvalue weighted by atomic mass is 32.2. The zero-order valence-corrected chi connectivity index (χ0v) is 16.4. The number of pyridine rings is 1. The Kier molecular flexibility index (Phi) is 4.90. The second kappa shape index (κ2) is 7.36. The van der Waals surface area contributed by atoms with Crippen molar-refractivity contribution in [3.05, 3.63) is 36.3 Å². The summed E-state index contributed by atoms with van der Waals surface area (Å²) in [5, 5.41) is 2.78. The number of anilines is 1. The first-order valence-corrected chi connectivity index (χ1v) is 11.0. The summed E-state index contributed by atoms with van der Waals surface area (Å²) in [5.74, 6) is -0.0546. The van der Waals surface area contributed by atoms with Crippen LogP contribution in [0.2, 0.25) is 0 Å². The van der Waals surface area contributed by atoms with Gasteiger partial charge in [0.15, 0.2) is 15.5 Å². The smallest absolute Gasteiger partial charge is 0.274 e. The largest absolute Gasteiger partial charge is 0.356 e. The Morgan fingerprint density at radius 2 is 2.07 bits per heavy atom. The van der Waals surface area contributed by atoms with Gasteiger partial charge < -0.3 is 9.88 Å². The lowest BCUT2D eigenvalue weighted by atomic mass is 10.4. The lowest BCUT2D eigenvalue weighted by molar-refractivity contribution is 0.102. The van der Waals surface area contributed by atoms with Gasteiger partial charge in [-0.15, -0.1) is 0 Å². The summed E-state index contributed by atoms with van der Waals surface area (Å²) < 4.78 is 25.2. The standard InChI is InChI=1S/C18H22N6O3S/c1-28(26,27)13-11-15(20-12-13)17(25)22-18-21-14-5-4-6-19-16(14)24(18)10-9-23-7-2-3-8-23/h4-6,11-12,20H,2-3,7-10H2,1H3,(H,21,22,25). The van der Waals surface area contributed by atoms with Crippen LogP contribution in [0.5, 0.6) is 0 Å². The molecule has 1 aliphatic heterocycles. The molecule has 0 spiro atoms. The molecule has 3 aromatic heterocycles. The number of aromatic amines is 1. The summed E-state index contributed by atoms with van der Waals surface area (Å²) in [5.41, 5.74) is 1.56. The van der Waals surface area contributed by atoms with E-state index >= 15 is 0 Å². The van der Waals surface area contributed by atoms with E-state index in [9.17, 15) is 13.2 Å². The molecule has 0 aromatic carbocycles. The van der Waals surface area contributed by atoms with Crippen LogP contribution in [0.1, 0.15) is 23.3 Å². The summed E-state index contributed by atoms with van der Waals surface area (Å²) in [6.45, 7) is 3.67. The number of H-pyrrole nitrogens is 1. The van der Waals surface area contributed by atoms with Crippen molar-refractivity contribution in [3.8, 4) is 0 Å². The minimum Gasteiger partial charge on any atom is -0.356 e. The fourth-order valence-corrected chi connectivity index (χ4v) is 4.01. The van der Waals surface area contributed by atoms with Gasteiger partial charge in [-0.1, -0.05) is 0 Å². The van der Waals surface area contributed by atoms with Crippen molar-refractivity contribution in [1.29, 1.82) is 0 Å². The molecule has 4 heterocycles. The second-order valence-electron chi connectivity index (χ2n) is 6.96. The maximum Gasteiger partial charge on any atom is 0.274 e. The van der Waals surface area contributed by atoms with Gasteiger partial charge >= 0.3 is 0 Å². The number of amides is 1. The van der Waals surface area contributed by atoms with E-state index in [1.807, 2.05) is 10.6 Å². The van der Waals surface area contributed by atoms with Gasteiger partial charge in [0.05, 0.1) is 4.90 Å². The lowest BCUT2D eigenvalue weighted by Gasteiger charge is -2.16. The number of nitrogens with zero attached hydrogens (tertiary/aromatic N) is 4. The van der Waals surface area contributed by atoms with E-state index in [4.69, 9.17) is 0 Å². The molecule has 1 fully saturated rings. The molecular weight excluding hydrogens is 380 g/mol. The van der Waals surface area contributed by atoms with Crippen LogP contribution >= 0.6 is 0 Å². The highest BCUT2D eigenvalue weighted by Crippen LogP contribution is 2.19. The first kappa shape index (κ1) is 18.6. The number of hydrogen-bond donors (Lipinski definition) is 2. The molecule has 0 saturated carbocycles. The molecule has 10 heteroatoms. The monoisotopic (exact) mass is 402 g/mol. The Labute approximate surface area is 162 Å². The van der Waals surface area contributed by atoms with Crippen molar-refractivity contribution in [3.63, 3.8) is 0 Å². The summed E-state index contributed by atoms with van der Waals surface area (Å²) >= 11 is 0. The maximum absolute atomic E-state index is 12.6. The van der Waals surface area contributed by atoms with Crippen LogP contribution in [0.4, 0.5) is 5.95 Å². The number of hydrogen-bond acceptors (Lipinski definition) is 6. The predicted molar refractivity (Wildman–Crippen MR) is 105 cm³/mol. The normalized spacial score (nSPS) is 15.3. The summed E-state index contributed by atoms with van der Waals surface area (Å²) in [4.78, 5) is 26.7. The molecule has 0 bridgehead atoms. The number of carbonyl (C=O) groups excluding carboxylic acids is 1. The Morgan fingerprint density at radius 3 is 2.79 bits per heavy atom. The summed E-state index contributed by atoms with van der Waals surface area (Å²) in [6, 6.07) is 4.97. The van der Waals surface area contributed by atoms with Crippen LogP contribution in [0, 0.1) is 0 Å². The van der Waals surface area contributed by atoms with E-state index in [1.165, 1.54) is 25.1 Å². The third kappa shape index (κ3) is 3.78. The Balaban J connectivity index is 1.59. The van der Waals surface area contributed by atoms with E-state index < -0.39 is 15.7 Å². The van der Waals surface area contributed by atoms with Crippen molar-refractivity contribution >= 4 is 32.9 Å². The number of aromatic nitrogens is 4. The first-order chi connectivity index (χ1) is 13.4. The number of nitrogens with one attached hydrogen (secondary N) is 2. The van der Waals surface area contributed by atoms with E-state index in [0.29, 0.717) is 23.7 Å². The minimum absolute atomic E-state index is 0.0712. The third-order valence-corrected chi connectivity index (χ3v) is 5.99. The zero-order valence-electron chi connectivity index (χ0n) is 15.6. The van der Waals surface area contributed by atoms with Gasteiger partial charge in [-0.25, -0.2) is 18.4 Å². The van der Waals surface area contributed by atoms with Crippen molar-refractivity contribution < 1.29 is 13.2 Å². The van der Waals surface area contributed by atoms with Gasteiger partial charge in [-0.3, -0.25) is 14.7 Å². The van der Waals surface area contributed by atoms with Crippen molar-refractivity contribution in [2.75, 3.05) is 31.2 Å².